The second-order valence-electron chi connectivity index (χ2n) is 5.50. The van der Waals surface area contributed by atoms with Crippen molar-refractivity contribution in [3.8, 4) is 0 Å². The highest BCUT2D eigenvalue weighted by Crippen LogP contribution is 2.25. The van der Waals surface area contributed by atoms with E-state index in [1.54, 1.807) is 16.7 Å². The summed E-state index contributed by atoms with van der Waals surface area (Å²) in [5, 5.41) is 3.30. The second kappa shape index (κ2) is 7.41. The van der Waals surface area contributed by atoms with Gasteiger partial charge in [0.25, 0.3) is 0 Å². The van der Waals surface area contributed by atoms with E-state index < -0.39 is 36.3 Å². The minimum absolute atomic E-state index is 0.0409. The molecule has 0 spiro atoms. The minimum atomic E-state index is -5.17. The highest BCUT2D eigenvalue weighted by atomic mass is 19.4. The largest absolute Gasteiger partial charge is 0.471 e. The molecule has 0 unspecified atom stereocenters. The maximum atomic E-state index is 12.5. The summed E-state index contributed by atoms with van der Waals surface area (Å²) in [6.07, 6.45) is -8.83. The van der Waals surface area contributed by atoms with Gasteiger partial charge in [0.15, 0.2) is 0 Å². The van der Waals surface area contributed by atoms with Crippen LogP contribution in [-0.4, -0.2) is 60.8 Å². The van der Waals surface area contributed by atoms with Gasteiger partial charge in [-0.3, -0.25) is 14.5 Å². The molecule has 24 heavy (non-hydrogen) atoms. The molecule has 0 radical (unpaired) electrons. The standard InChI is InChI=1S/C13H17F6N3O2/c1-2-5-22-6-3-11(4-7-22,21-10(24)13(17,18)19)8-20-9(23)12(14,15)16/h2H,1,3-8H2,(H,20,23)(H,21,24). The molecule has 1 heterocycles. The minimum Gasteiger partial charge on any atom is -0.346 e. The normalized spacial score (nSPS) is 18.8. The first-order chi connectivity index (χ1) is 10.9. The highest BCUT2D eigenvalue weighted by molar-refractivity contribution is 5.83. The molecule has 0 aromatic carbocycles. The van der Waals surface area contributed by atoms with Crippen LogP contribution < -0.4 is 10.6 Å². The number of piperidine rings is 1. The summed E-state index contributed by atoms with van der Waals surface area (Å²) in [4.78, 5) is 23.9. The Hall–Kier alpha value is -1.78. The number of likely N-dealkylation sites (tertiary alicyclic amines) is 1. The zero-order valence-electron chi connectivity index (χ0n) is 12.6. The summed E-state index contributed by atoms with van der Waals surface area (Å²) in [5.74, 6) is -4.52. The van der Waals surface area contributed by atoms with E-state index in [0.717, 1.165) is 0 Å². The van der Waals surface area contributed by atoms with Crippen LogP contribution in [0.2, 0.25) is 0 Å². The topological polar surface area (TPSA) is 61.4 Å². The Labute approximate surface area is 134 Å². The first-order valence-electron chi connectivity index (χ1n) is 6.97. The number of nitrogens with zero attached hydrogens (tertiary/aromatic N) is 1. The summed E-state index contributed by atoms with van der Waals surface area (Å²) in [6, 6.07) is 0. The van der Waals surface area contributed by atoms with E-state index >= 15 is 0 Å². The van der Waals surface area contributed by atoms with Crippen molar-refractivity contribution in [3.05, 3.63) is 12.7 Å². The Balaban J connectivity index is 2.82. The van der Waals surface area contributed by atoms with E-state index in [2.05, 4.69) is 6.58 Å². The molecule has 1 saturated heterocycles. The molecule has 2 N–H and O–H groups in total. The molecule has 0 aromatic rings. The average Bonchev–Trinajstić information content (AvgIpc) is 2.45. The summed E-state index contributed by atoms with van der Waals surface area (Å²) >= 11 is 0. The predicted octanol–water partition coefficient (Wildman–Crippen LogP) is 1.36. The summed E-state index contributed by atoms with van der Waals surface area (Å²) in [5.41, 5.74) is -1.59. The highest BCUT2D eigenvalue weighted by Gasteiger charge is 2.46. The van der Waals surface area contributed by atoms with Crippen LogP contribution in [0.15, 0.2) is 12.7 Å². The van der Waals surface area contributed by atoms with Crippen molar-refractivity contribution >= 4 is 11.8 Å². The zero-order chi connectivity index (χ0) is 18.6. The number of nitrogens with one attached hydrogen (secondary N) is 2. The molecule has 0 atom stereocenters. The predicted molar refractivity (Wildman–Crippen MR) is 71.9 cm³/mol. The number of amides is 2. The molecule has 0 bridgehead atoms. The molecule has 0 aromatic heterocycles. The maximum Gasteiger partial charge on any atom is 0.471 e. The van der Waals surface area contributed by atoms with Crippen LogP contribution in [0.3, 0.4) is 0 Å². The second-order valence-corrected chi connectivity index (χ2v) is 5.50. The molecule has 2 amide bonds. The molecule has 1 fully saturated rings. The number of rotatable bonds is 5. The summed E-state index contributed by atoms with van der Waals surface area (Å²) in [6.45, 7) is 3.72. The fourth-order valence-electron chi connectivity index (χ4n) is 2.35. The number of alkyl halides is 6. The van der Waals surface area contributed by atoms with Crippen LogP contribution in [0.4, 0.5) is 26.3 Å². The van der Waals surface area contributed by atoms with Gasteiger partial charge in [-0.1, -0.05) is 6.08 Å². The average molecular weight is 361 g/mol. The molecule has 0 aliphatic carbocycles. The van der Waals surface area contributed by atoms with Gasteiger partial charge in [-0.2, -0.15) is 26.3 Å². The SMILES string of the molecule is C=CCN1CCC(CNC(=O)C(F)(F)F)(NC(=O)C(F)(F)F)CC1. The Morgan fingerprint density at radius 3 is 1.96 bits per heavy atom. The first-order valence-corrected chi connectivity index (χ1v) is 6.97. The van der Waals surface area contributed by atoms with Gasteiger partial charge in [-0.15, -0.1) is 6.58 Å². The zero-order valence-corrected chi connectivity index (χ0v) is 12.6. The van der Waals surface area contributed by atoms with E-state index in [9.17, 15) is 35.9 Å². The van der Waals surface area contributed by atoms with E-state index in [1.165, 1.54) is 0 Å². The molecule has 1 rings (SSSR count). The first kappa shape index (κ1) is 20.3. The Morgan fingerprint density at radius 2 is 1.54 bits per heavy atom. The van der Waals surface area contributed by atoms with Gasteiger partial charge in [-0.25, -0.2) is 0 Å². The van der Waals surface area contributed by atoms with Crippen molar-refractivity contribution in [1.82, 2.24) is 15.5 Å². The quantitative estimate of drug-likeness (QED) is 0.574. The Kier molecular flexibility index (Phi) is 6.26. The third-order valence-electron chi connectivity index (χ3n) is 3.68. The molecule has 138 valence electrons. The molecule has 1 aliphatic heterocycles. The summed E-state index contributed by atoms with van der Waals surface area (Å²) < 4.78 is 74.1. The number of hydrogen-bond donors (Lipinski definition) is 2. The molecule has 11 heteroatoms. The molecule has 0 saturated carbocycles. The van der Waals surface area contributed by atoms with Crippen molar-refractivity contribution < 1.29 is 35.9 Å². The fraction of sp³-hybridized carbons (Fsp3) is 0.692. The van der Waals surface area contributed by atoms with Gasteiger partial charge >= 0.3 is 24.2 Å². The van der Waals surface area contributed by atoms with Gasteiger partial charge in [0.05, 0.1) is 5.54 Å². The molecule has 1 aliphatic rings. The van der Waals surface area contributed by atoms with Crippen LogP contribution in [-0.2, 0) is 9.59 Å². The molecular weight excluding hydrogens is 344 g/mol. The fourth-order valence-corrected chi connectivity index (χ4v) is 2.35. The molecular formula is C13H17F6N3O2. The Bertz CT molecular complexity index is 481. The summed E-state index contributed by atoms with van der Waals surface area (Å²) in [7, 11) is 0. The lowest BCUT2D eigenvalue weighted by atomic mass is 9.87. The number of carbonyl (C=O) groups is 2. The van der Waals surface area contributed by atoms with Crippen LogP contribution in [0, 0.1) is 0 Å². The number of hydrogen-bond acceptors (Lipinski definition) is 3. The smallest absolute Gasteiger partial charge is 0.346 e. The van der Waals surface area contributed by atoms with Gasteiger partial charge in [0, 0.05) is 26.2 Å². The van der Waals surface area contributed by atoms with Crippen molar-refractivity contribution in [1.29, 1.82) is 0 Å². The van der Waals surface area contributed by atoms with Crippen molar-refractivity contribution in [2.45, 2.75) is 30.7 Å². The van der Waals surface area contributed by atoms with Crippen LogP contribution in [0.25, 0.3) is 0 Å². The van der Waals surface area contributed by atoms with Crippen LogP contribution in [0.5, 0.6) is 0 Å². The maximum absolute atomic E-state index is 12.5. The Morgan fingerprint density at radius 1 is 1.04 bits per heavy atom. The number of carbonyl (C=O) groups excluding carboxylic acids is 2. The monoisotopic (exact) mass is 361 g/mol. The number of halogens is 6. The molecule has 5 nitrogen and oxygen atoms in total. The van der Waals surface area contributed by atoms with Gasteiger partial charge in [-0.05, 0) is 12.8 Å². The van der Waals surface area contributed by atoms with E-state index in [4.69, 9.17) is 0 Å². The van der Waals surface area contributed by atoms with E-state index in [0.29, 0.717) is 6.54 Å². The lowest BCUT2D eigenvalue weighted by Crippen LogP contribution is -2.63. The third-order valence-corrected chi connectivity index (χ3v) is 3.68. The van der Waals surface area contributed by atoms with Crippen LogP contribution >= 0.6 is 0 Å². The lowest BCUT2D eigenvalue weighted by Gasteiger charge is -2.42. The van der Waals surface area contributed by atoms with Gasteiger partial charge < -0.3 is 10.6 Å². The van der Waals surface area contributed by atoms with Gasteiger partial charge in [0.2, 0.25) is 0 Å². The van der Waals surface area contributed by atoms with E-state index in [-0.39, 0.29) is 25.9 Å². The third kappa shape index (κ3) is 5.69. The van der Waals surface area contributed by atoms with E-state index in [1.807, 2.05) is 4.90 Å². The van der Waals surface area contributed by atoms with Crippen molar-refractivity contribution in [2.75, 3.05) is 26.2 Å². The van der Waals surface area contributed by atoms with Crippen molar-refractivity contribution in [2.24, 2.45) is 0 Å². The lowest BCUT2D eigenvalue weighted by molar-refractivity contribution is -0.177. The van der Waals surface area contributed by atoms with Gasteiger partial charge in [0.1, 0.15) is 0 Å². The van der Waals surface area contributed by atoms with Crippen molar-refractivity contribution in [3.63, 3.8) is 0 Å². The van der Waals surface area contributed by atoms with Crippen LogP contribution in [0.1, 0.15) is 12.8 Å².